The molecule has 3 amide bonds. The van der Waals surface area contributed by atoms with E-state index in [0.29, 0.717) is 17.1 Å². The Hall–Kier alpha value is -3.35. The SMILES string of the molecule is CN1C(=O)NC(=O)/C1=C/c1ccc(-c2cccc(C(=O)O)c2)o1. The van der Waals surface area contributed by atoms with Crippen molar-refractivity contribution in [1.82, 2.24) is 10.2 Å². The normalized spacial score (nSPS) is 16.0. The standard InChI is InChI=1S/C16H12N2O5/c1-18-12(14(19)17-16(18)22)8-11-5-6-13(23-11)9-3-2-4-10(7-9)15(20)21/h2-8H,1H3,(H,20,21)(H,17,19,22)/b12-8-. The number of rotatable bonds is 3. The van der Waals surface area contributed by atoms with E-state index in [4.69, 9.17) is 9.52 Å². The summed E-state index contributed by atoms with van der Waals surface area (Å²) in [4.78, 5) is 35.2. The third-order valence-corrected chi connectivity index (χ3v) is 3.42. The fourth-order valence-corrected chi connectivity index (χ4v) is 2.19. The monoisotopic (exact) mass is 312 g/mol. The van der Waals surface area contributed by atoms with Crippen molar-refractivity contribution in [1.29, 1.82) is 0 Å². The molecule has 1 saturated heterocycles. The second kappa shape index (κ2) is 5.45. The number of benzene rings is 1. The smallest absolute Gasteiger partial charge is 0.335 e. The molecule has 2 N–H and O–H groups in total. The average molecular weight is 312 g/mol. The van der Waals surface area contributed by atoms with Gasteiger partial charge in [-0.3, -0.25) is 15.0 Å². The van der Waals surface area contributed by atoms with Crippen molar-refractivity contribution in [3.63, 3.8) is 0 Å². The second-order valence-electron chi connectivity index (χ2n) is 4.94. The molecular formula is C16H12N2O5. The molecule has 1 aromatic carbocycles. The molecule has 0 aliphatic carbocycles. The van der Waals surface area contributed by atoms with E-state index in [2.05, 4.69) is 5.32 Å². The van der Waals surface area contributed by atoms with Crippen LogP contribution in [0.2, 0.25) is 0 Å². The molecule has 1 aromatic heterocycles. The molecule has 2 aromatic rings. The maximum atomic E-state index is 11.6. The first kappa shape index (κ1) is 14.6. The Morgan fingerprint density at radius 3 is 2.70 bits per heavy atom. The lowest BCUT2D eigenvalue weighted by Gasteiger charge is -2.05. The number of urea groups is 1. The molecule has 23 heavy (non-hydrogen) atoms. The zero-order valence-electron chi connectivity index (χ0n) is 12.1. The zero-order chi connectivity index (χ0) is 16.6. The molecule has 1 fully saturated rings. The first-order valence-corrected chi connectivity index (χ1v) is 6.70. The Morgan fingerprint density at radius 1 is 1.26 bits per heavy atom. The number of likely N-dealkylation sites (N-methyl/N-ethyl adjacent to an activating group) is 1. The Morgan fingerprint density at radius 2 is 2.04 bits per heavy atom. The highest BCUT2D eigenvalue weighted by molar-refractivity contribution is 6.13. The molecule has 2 heterocycles. The van der Waals surface area contributed by atoms with Crippen molar-refractivity contribution in [2.75, 3.05) is 7.05 Å². The highest BCUT2D eigenvalue weighted by Crippen LogP contribution is 2.25. The quantitative estimate of drug-likeness (QED) is 0.668. The van der Waals surface area contributed by atoms with E-state index in [1.54, 1.807) is 24.3 Å². The molecule has 0 atom stereocenters. The summed E-state index contributed by atoms with van der Waals surface area (Å²) < 4.78 is 5.61. The number of nitrogens with one attached hydrogen (secondary N) is 1. The van der Waals surface area contributed by atoms with Crippen LogP contribution in [0.25, 0.3) is 17.4 Å². The Labute approximate surface area is 130 Å². The minimum Gasteiger partial charge on any atom is -0.478 e. The van der Waals surface area contributed by atoms with Gasteiger partial charge in [-0.25, -0.2) is 9.59 Å². The molecule has 1 aliphatic rings. The Bertz CT molecular complexity index is 850. The van der Waals surface area contributed by atoms with Crippen molar-refractivity contribution in [3.8, 4) is 11.3 Å². The maximum absolute atomic E-state index is 11.6. The zero-order valence-corrected chi connectivity index (χ0v) is 12.1. The van der Waals surface area contributed by atoms with Gasteiger partial charge in [0.1, 0.15) is 17.2 Å². The van der Waals surface area contributed by atoms with Gasteiger partial charge in [-0.15, -0.1) is 0 Å². The maximum Gasteiger partial charge on any atom is 0.335 e. The fourth-order valence-electron chi connectivity index (χ4n) is 2.19. The van der Waals surface area contributed by atoms with E-state index in [1.165, 1.54) is 30.2 Å². The molecule has 0 unspecified atom stereocenters. The van der Waals surface area contributed by atoms with E-state index in [1.807, 2.05) is 0 Å². The van der Waals surface area contributed by atoms with Crippen LogP contribution in [0.1, 0.15) is 16.1 Å². The molecule has 7 nitrogen and oxygen atoms in total. The predicted molar refractivity (Wildman–Crippen MR) is 80.4 cm³/mol. The average Bonchev–Trinajstić information content (AvgIpc) is 3.08. The van der Waals surface area contributed by atoms with E-state index < -0.39 is 17.9 Å². The van der Waals surface area contributed by atoms with Crippen LogP contribution in [0.15, 0.2) is 46.5 Å². The summed E-state index contributed by atoms with van der Waals surface area (Å²) in [5, 5.41) is 11.2. The molecule has 0 saturated carbocycles. The summed E-state index contributed by atoms with van der Waals surface area (Å²) in [6.45, 7) is 0. The summed E-state index contributed by atoms with van der Waals surface area (Å²) >= 11 is 0. The molecule has 0 radical (unpaired) electrons. The number of hydrogen-bond donors (Lipinski definition) is 2. The summed E-state index contributed by atoms with van der Waals surface area (Å²) in [5.74, 6) is -0.674. The number of hydrogen-bond acceptors (Lipinski definition) is 4. The molecule has 0 spiro atoms. The van der Waals surface area contributed by atoms with Crippen LogP contribution in [0.4, 0.5) is 4.79 Å². The van der Waals surface area contributed by atoms with Crippen molar-refractivity contribution >= 4 is 24.0 Å². The third kappa shape index (κ3) is 2.71. The second-order valence-corrected chi connectivity index (χ2v) is 4.94. The van der Waals surface area contributed by atoms with Crippen molar-refractivity contribution in [3.05, 3.63) is 53.4 Å². The Kier molecular flexibility index (Phi) is 3.46. The summed E-state index contributed by atoms with van der Waals surface area (Å²) in [5.41, 5.74) is 0.935. The van der Waals surface area contributed by atoms with E-state index in [-0.39, 0.29) is 11.3 Å². The van der Waals surface area contributed by atoms with Gasteiger partial charge in [-0.2, -0.15) is 0 Å². The number of carboxylic acid groups (broad SMARTS) is 1. The first-order chi connectivity index (χ1) is 11.0. The van der Waals surface area contributed by atoms with Gasteiger partial charge in [0.25, 0.3) is 5.91 Å². The van der Waals surface area contributed by atoms with Crippen LogP contribution in [-0.2, 0) is 4.79 Å². The topological polar surface area (TPSA) is 99.9 Å². The number of amides is 3. The first-order valence-electron chi connectivity index (χ1n) is 6.70. The molecule has 116 valence electrons. The van der Waals surface area contributed by atoms with Gasteiger partial charge in [-0.1, -0.05) is 12.1 Å². The number of aromatic carboxylic acids is 1. The van der Waals surface area contributed by atoms with Crippen molar-refractivity contribution in [2.45, 2.75) is 0 Å². The lowest BCUT2D eigenvalue weighted by molar-refractivity contribution is -0.115. The number of furan rings is 1. The van der Waals surface area contributed by atoms with Crippen molar-refractivity contribution < 1.29 is 23.9 Å². The largest absolute Gasteiger partial charge is 0.478 e. The van der Waals surface area contributed by atoms with Crippen LogP contribution >= 0.6 is 0 Å². The molecule has 0 bridgehead atoms. The molecule has 7 heteroatoms. The van der Waals surface area contributed by atoms with Crippen LogP contribution in [-0.4, -0.2) is 35.0 Å². The number of carbonyl (C=O) groups excluding carboxylic acids is 2. The highest BCUT2D eigenvalue weighted by atomic mass is 16.4. The van der Waals surface area contributed by atoms with E-state index >= 15 is 0 Å². The summed E-state index contributed by atoms with van der Waals surface area (Å²) in [7, 11) is 1.48. The van der Waals surface area contributed by atoms with E-state index in [9.17, 15) is 14.4 Å². The van der Waals surface area contributed by atoms with Gasteiger partial charge < -0.3 is 9.52 Å². The van der Waals surface area contributed by atoms with Crippen LogP contribution in [0.5, 0.6) is 0 Å². The molecule has 3 rings (SSSR count). The van der Waals surface area contributed by atoms with Gasteiger partial charge in [0.05, 0.1) is 5.56 Å². The van der Waals surface area contributed by atoms with Crippen LogP contribution in [0, 0.1) is 0 Å². The number of imide groups is 1. The van der Waals surface area contributed by atoms with Gasteiger partial charge in [0.15, 0.2) is 0 Å². The minimum atomic E-state index is -1.02. The lowest BCUT2D eigenvalue weighted by Crippen LogP contribution is -2.24. The van der Waals surface area contributed by atoms with Crippen molar-refractivity contribution in [2.24, 2.45) is 0 Å². The third-order valence-electron chi connectivity index (χ3n) is 3.42. The van der Waals surface area contributed by atoms with Gasteiger partial charge in [0, 0.05) is 18.7 Å². The van der Waals surface area contributed by atoms with Crippen LogP contribution in [0.3, 0.4) is 0 Å². The molecule has 1 aliphatic heterocycles. The highest BCUT2D eigenvalue weighted by Gasteiger charge is 2.29. The summed E-state index contributed by atoms with van der Waals surface area (Å²) in [6.07, 6.45) is 1.45. The van der Waals surface area contributed by atoms with Crippen LogP contribution < -0.4 is 5.32 Å². The fraction of sp³-hybridized carbons (Fsp3) is 0.0625. The van der Waals surface area contributed by atoms with Gasteiger partial charge >= 0.3 is 12.0 Å². The van der Waals surface area contributed by atoms with Gasteiger partial charge in [0.2, 0.25) is 0 Å². The number of carboxylic acids is 1. The summed E-state index contributed by atoms with van der Waals surface area (Å²) in [6, 6.07) is 9.14. The van der Waals surface area contributed by atoms with E-state index in [0.717, 1.165) is 0 Å². The van der Waals surface area contributed by atoms with Gasteiger partial charge in [-0.05, 0) is 24.3 Å². The minimum absolute atomic E-state index is 0.152. The Balaban J connectivity index is 1.92. The lowest BCUT2D eigenvalue weighted by atomic mass is 10.1. The number of carbonyl (C=O) groups is 3. The number of nitrogens with zero attached hydrogens (tertiary/aromatic N) is 1. The molecular weight excluding hydrogens is 300 g/mol. The predicted octanol–water partition coefficient (Wildman–Crippen LogP) is 2.17.